The number of ether oxygens (including phenoxy) is 2. The van der Waals surface area contributed by atoms with Crippen LogP contribution in [0.3, 0.4) is 0 Å². The molecule has 0 amide bonds. The van der Waals surface area contributed by atoms with Crippen LogP contribution in [0.25, 0.3) is 0 Å². The second-order valence-corrected chi connectivity index (χ2v) is 6.15. The van der Waals surface area contributed by atoms with Crippen LogP contribution in [0.4, 0.5) is 0 Å². The summed E-state index contributed by atoms with van der Waals surface area (Å²) in [6.07, 6.45) is 1.59. The summed E-state index contributed by atoms with van der Waals surface area (Å²) in [6.45, 7) is 4.92. The topological polar surface area (TPSA) is 136 Å². The van der Waals surface area contributed by atoms with Crippen molar-refractivity contribution in [1.29, 1.82) is 0 Å². The molecule has 0 aliphatic heterocycles. The Morgan fingerprint density at radius 1 is 1.21 bits per heavy atom. The third-order valence-electron chi connectivity index (χ3n) is 4.32. The zero-order chi connectivity index (χ0) is 18.5. The predicted molar refractivity (Wildman–Crippen MR) is 84.2 cm³/mol. The van der Waals surface area contributed by atoms with Crippen molar-refractivity contribution in [2.45, 2.75) is 45.8 Å². The average molecular weight is 343 g/mol. The Bertz CT molecular complexity index is 533. The molecule has 8 nitrogen and oxygen atoms in total. The Balaban J connectivity index is 3.34. The summed E-state index contributed by atoms with van der Waals surface area (Å²) in [7, 11) is 0. The first kappa shape index (κ1) is 20.1. The Morgan fingerprint density at radius 3 is 2.29 bits per heavy atom. The van der Waals surface area contributed by atoms with E-state index in [2.05, 4.69) is 0 Å². The number of carboxylic acids is 2. The fraction of sp³-hybridized carbons (Fsp3) is 0.688. The van der Waals surface area contributed by atoms with Gasteiger partial charge in [-0.1, -0.05) is 12.2 Å². The summed E-state index contributed by atoms with van der Waals surface area (Å²) in [5.41, 5.74) is 2.88. The van der Waals surface area contributed by atoms with E-state index in [4.69, 9.17) is 15.2 Å². The molecule has 24 heavy (non-hydrogen) atoms. The molecule has 0 aromatic heterocycles. The van der Waals surface area contributed by atoms with E-state index >= 15 is 0 Å². The third kappa shape index (κ3) is 3.76. The summed E-state index contributed by atoms with van der Waals surface area (Å²) in [5.74, 6) is -3.19. The van der Waals surface area contributed by atoms with Crippen LogP contribution in [-0.4, -0.2) is 53.5 Å². The predicted octanol–water partition coefficient (Wildman–Crippen LogP) is 0.794. The van der Waals surface area contributed by atoms with Gasteiger partial charge < -0.3 is 25.4 Å². The van der Waals surface area contributed by atoms with Crippen molar-refractivity contribution in [2.24, 2.45) is 16.6 Å². The second kappa shape index (κ2) is 7.76. The Morgan fingerprint density at radius 2 is 1.83 bits per heavy atom. The molecule has 0 fully saturated rings. The molecule has 1 aliphatic carbocycles. The van der Waals surface area contributed by atoms with Gasteiger partial charge >= 0.3 is 17.9 Å². The molecular formula is C16H25NO7. The van der Waals surface area contributed by atoms with Gasteiger partial charge in [0.25, 0.3) is 0 Å². The largest absolute Gasteiger partial charge is 0.481 e. The molecule has 0 spiro atoms. The van der Waals surface area contributed by atoms with Gasteiger partial charge in [-0.15, -0.1) is 0 Å². The molecule has 0 radical (unpaired) electrons. The van der Waals surface area contributed by atoms with Gasteiger partial charge in [0.05, 0.1) is 12.0 Å². The van der Waals surface area contributed by atoms with Crippen molar-refractivity contribution in [2.75, 3.05) is 13.2 Å². The quantitative estimate of drug-likeness (QED) is 0.435. The van der Waals surface area contributed by atoms with Gasteiger partial charge in [0.15, 0.2) is 0 Å². The minimum atomic E-state index is -1.73. The Hall–Kier alpha value is -1.93. The van der Waals surface area contributed by atoms with Crippen molar-refractivity contribution in [3.05, 3.63) is 12.2 Å². The van der Waals surface area contributed by atoms with Crippen molar-refractivity contribution in [3.8, 4) is 0 Å². The molecule has 4 atom stereocenters. The van der Waals surface area contributed by atoms with Crippen LogP contribution >= 0.6 is 0 Å². The number of carbonyl (C=O) groups is 3. The fourth-order valence-electron chi connectivity index (χ4n) is 3.05. The van der Waals surface area contributed by atoms with Crippen LogP contribution in [0.5, 0.6) is 0 Å². The molecule has 1 aliphatic rings. The Kier molecular flexibility index (Phi) is 6.50. The fourth-order valence-corrected chi connectivity index (χ4v) is 3.05. The van der Waals surface area contributed by atoms with Crippen LogP contribution in [0.15, 0.2) is 12.2 Å². The lowest BCUT2D eigenvalue weighted by Crippen LogP contribution is -2.58. The highest BCUT2D eigenvalue weighted by molar-refractivity contribution is 5.84. The number of hydrogen-bond acceptors (Lipinski definition) is 6. The molecule has 136 valence electrons. The molecule has 0 saturated heterocycles. The lowest BCUT2D eigenvalue weighted by atomic mass is 9.62. The monoisotopic (exact) mass is 343 g/mol. The molecule has 4 N–H and O–H groups in total. The normalized spacial score (nSPS) is 28.8. The Labute approximate surface area is 140 Å². The highest BCUT2D eigenvalue weighted by atomic mass is 16.5. The van der Waals surface area contributed by atoms with E-state index in [1.165, 1.54) is 19.1 Å². The molecule has 0 heterocycles. The molecule has 4 unspecified atom stereocenters. The van der Waals surface area contributed by atoms with Crippen molar-refractivity contribution in [3.63, 3.8) is 0 Å². The highest BCUT2D eigenvalue weighted by Gasteiger charge is 2.56. The maximum Gasteiger partial charge on any atom is 0.325 e. The molecule has 0 bridgehead atoms. The number of esters is 1. The van der Waals surface area contributed by atoms with E-state index in [-0.39, 0.29) is 26.1 Å². The first-order valence-corrected chi connectivity index (χ1v) is 7.83. The third-order valence-corrected chi connectivity index (χ3v) is 4.32. The zero-order valence-corrected chi connectivity index (χ0v) is 14.2. The van der Waals surface area contributed by atoms with Crippen LogP contribution < -0.4 is 5.73 Å². The van der Waals surface area contributed by atoms with E-state index in [1.54, 1.807) is 13.8 Å². The van der Waals surface area contributed by atoms with Gasteiger partial charge in [0.1, 0.15) is 17.6 Å². The van der Waals surface area contributed by atoms with Crippen LogP contribution in [-0.2, 0) is 23.9 Å². The van der Waals surface area contributed by atoms with E-state index in [1.807, 2.05) is 0 Å². The number of allylic oxidation sites excluding steroid dienone is 1. The van der Waals surface area contributed by atoms with E-state index in [0.717, 1.165) is 0 Å². The number of rotatable bonds is 8. The molecule has 0 aromatic rings. The number of nitrogens with two attached hydrogens (primary N) is 1. The van der Waals surface area contributed by atoms with Crippen molar-refractivity contribution >= 4 is 17.9 Å². The molecule has 8 heteroatoms. The maximum atomic E-state index is 12.1. The van der Waals surface area contributed by atoms with Crippen LogP contribution in [0.2, 0.25) is 0 Å². The van der Waals surface area contributed by atoms with Gasteiger partial charge in [-0.25, -0.2) is 0 Å². The standard InChI is InChI=1S/C16H25NO7/c1-4-23-11(10(17)12(18)24-5-2)16(14(21)22)8-6-7-15(3,9-16)13(19)20/h6,8,10-11H,4-5,7,9,17H2,1-3H3,(H,19,20)(H,21,22). The summed E-state index contributed by atoms with van der Waals surface area (Å²) >= 11 is 0. The van der Waals surface area contributed by atoms with Gasteiger partial charge in [-0.05, 0) is 33.6 Å². The van der Waals surface area contributed by atoms with Gasteiger partial charge in [0, 0.05) is 6.61 Å². The number of aliphatic carboxylic acids is 2. The van der Waals surface area contributed by atoms with Crippen LogP contribution in [0.1, 0.15) is 33.6 Å². The SMILES string of the molecule is CCOC(=O)C(N)C(OCC)C1(C(=O)O)C=CCC(C)(C(=O)O)C1. The minimum absolute atomic E-state index is 0.0914. The zero-order valence-electron chi connectivity index (χ0n) is 14.2. The maximum absolute atomic E-state index is 12.1. The smallest absolute Gasteiger partial charge is 0.325 e. The first-order valence-electron chi connectivity index (χ1n) is 7.83. The van der Waals surface area contributed by atoms with Gasteiger partial charge in [0.2, 0.25) is 0 Å². The lowest BCUT2D eigenvalue weighted by Gasteiger charge is -2.43. The van der Waals surface area contributed by atoms with Gasteiger partial charge in [-0.3, -0.25) is 14.4 Å². The molecular weight excluding hydrogens is 318 g/mol. The number of carboxylic acid groups (broad SMARTS) is 2. The number of hydrogen-bond donors (Lipinski definition) is 3. The van der Waals surface area contributed by atoms with E-state index in [0.29, 0.717) is 0 Å². The summed E-state index contributed by atoms with van der Waals surface area (Å²) in [6, 6.07) is -1.35. The summed E-state index contributed by atoms with van der Waals surface area (Å²) < 4.78 is 10.4. The van der Waals surface area contributed by atoms with Crippen LogP contribution in [0, 0.1) is 10.8 Å². The molecule has 1 rings (SSSR count). The second-order valence-electron chi connectivity index (χ2n) is 6.15. The summed E-state index contributed by atoms with van der Waals surface area (Å²) in [4.78, 5) is 35.6. The van der Waals surface area contributed by atoms with Gasteiger partial charge in [-0.2, -0.15) is 0 Å². The minimum Gasteiger partial charge on any atom is -0.481 e. The van der Waals surface area contributed by atoms with Crippen molar-refractivity contribution in [1.82, 2.24) is 0 Å². The first-order chi connectivity index (χ1) is 11.1. The van der Waals surface area contributed by atoms with E-state index < -0.39 is 40.9 Å². The lowest BCUT2D eigenvalue weighted by molar-refractivity contribution is -0.169. The number of carbonyl (C=O) groups excluding carboxylic acids is 1. The molecule has 0 aromatic carbocycles. The molecule has 0 saturated carbocycles. The average Bonchev–Trinajstić information content (AvgIpc) is 2.51. The highest BCUT2D eigenvalue weighted by Crippen LogP contribution is 2.46. The van der Waals surface area contributed by atoms with E-state index in [9.17, 15) is 24.6 Å². The van der Waals surface area contributed by atoms with Crippen molar-refractivity contribution < 1.29 is 34.1 Å². The summed E-state index contributed by atoms with van der Waals surface area (Å²) in [5, 5.41) is 19.3.